The van der Waals surface area contributed by atoms with Crippen LogP contribution in [-0.2, 0) is 17.7 Å². The Bertz CT molecular complexity index is 342. The molecule has 6 heteroatoms. The van der Waals surface area contributed by atoms with E-state index in [1.165, 1.54) is 17.7 Å². The van der Waals surface area contributed by atoms with E-state index in [9.17, 15) is 8.78 Å². The highest BCUT2D eigenvalue weighted by atomic mass is 32.1. The summed E-state index contributed by atoms with van der Waals surface area (Å²) in [6, 6.07) is 0.690. The van der Waals surface area contributed by atoms with Crippen LogP contribution in [-0.4, -0.2) is 30.7 Å². The highest BCUT2D eigenvalue weighted by molar-refractivity contribution is 7.11. The summed E-state index contributed by atoms with van der Waals surface area (Å²) in [5, 5.41) is 4.36. The highest BCUT2D eigenvalue weighted by Crippen LogP contribution is 2.20. The van der Waals surface area contributed by atoms with Crippen LogP contribution in [0.25, 0.3) is 0 Å². The van der Waals surface area contributed by atoms with Gasteiger partial charge in [0.1, 0.15) is 6.61 Å². The van der Waals surface area contributed by atoms with Crippen molar-refractivity contribution in [2.75, 3.05) is 13.2 Å². The fourth-order valence-electron chi connectivity index (χ4n) is 1.41. The Balaban J connectivity index is 1.62. The van der Waals surface area contributed by atoms with Gasteiger partial charge in [0.05, 0.1) is 11.6 Å². The van der Waals surface area contributed by atoms with E-state index in [0.717, 1.165) is 11.6 Å². The zero-order chi connectivity index (χ0) is 12.1. The Hall–Kier alpha value is -0.590. The fourth-order valence-corrected chi connectivity index (χ4v) is 2.26. The second kappa shape index (κ2) is 6.37. The first-order valence-electron chi connectivity index (χ1n) is 5.77. The molecule has 1 aliphatic rings. The van der Waals surface area contributed by atoms with Crippen LogP contribution in [0.1, 0.15) is 22.7 Å². The Morgan fingerprint density at radius 3 is 3.06 bits per heavy atom. The molecule has 96 valence electrons. The Kier molecular flexibility index (Phi) is 4.82. The zero-order valence-electron chi connectivity index (χ0n) is 9.49. The number of rotatable bonds is 8. The quantitative estimate of drug-likeness (QED) is 0.729. The number of halogens is 2. The molecule has 1 heterocycles. The predicted octanol–water partition coefficient (Wildman–Crippen LogP) is 2.22. The molecule has 0 amide bonds. The summed E-state index contributed by atoms with van der Waals surface area (Å²) in [6.45, 7) is 0.690. The normalized spacial score (nSPS) is 15.7. The van der Waals surface area contributed by atoms with Crippen LogP contribution in [0.15, 0.2) is 6.20 Å². The average Bonchev–Trinajstić information content (AvgIpc) is 3.01. The van der Waals surface area contributed by atoms with Gasteiger partial charge in [0.25, 0.3) is 6.43 Å². The first-order valence-corrected chi connectivity index (χ1v) is 6.58. The molecule has 0 unspecified atom stereocenters. The number of hydrogen-bond acceptors (Lipinski definition) is 4. The molecule has 0 bridgehead atoms. The van der Waals surface area contributed by atoms with E-state index in [2.05, 4.69) is 10.3 Å². The first-order chi connectivity index (χ1) is 8.24. The molecule has 0 spiro atoms. The summed E-state index contributed by atoms with van der Waals surface area (Å²) < 4.78 is 28.4. The molecule has 0 aliphatic heterocycles. The molecule has 1 N–H and O–H groups in total. The van der Waals surface area contributed by atoms with Crippen molar-refractivity contribution < 1.29 is 13.5 Å². The molecule has 0 radical (unpaired) electrons. The zero-order valence-corrected chi connectivity index (χ0v) is 10.3. The number of nitrogens with one attached hydrogen (secondary N) is 1. The number of aromatic nitrogens is 1. The lowest BCUT2D eigenvalue weighted by atomic mass is 10.5. The van der Waals surface area contributed by atoms with Gasteiger partial charge in [0, 0.05) is 30.1 Å². The molecule has 3 nitrogen and oxygen atoms in total. The van der Waals surface area contributed by atoms with Crippen molar-refractivity contribution in [1.29, 1.82) is 0 Å². The van der Waals surface area contributed by atoms with Gasteiger partial charge in [0.2, 0.25) is 0 Å². The highest BCUT2D eigenvalue weighted by Gasteiger charge is 2.20. The standard InChI is InChI=1S/C11H16F2N2OS/c12-10(13)7-16-4-3-11-15-6-9(17-11)5-14-8-1-2-8/h6,8,10,14H,1-5,7H2. The topological polar surface area (TPSA) is 34.1 Å². The lowest BCUT2D eigenvalue weighted by Crippen LogP contribution is -2.14. The maximum atomic E-state index is 11.8. The third-order valence-electron chi connectivity index (χ3n) is 2.45. The van der Waals surface area contributed by atoms with Crippen LogP contribution in [0.5, 0.6) is 0 Å². The number of alkyl halides is 2. The van der Waals surface area contributed by atoms with Crippen molar-refractivity contribution in [3.8, 4) is 0 Å². The molecule has 0 saturated heterocycles. The van der Waals surface area contributed by atoms with E-state index in [4.69, 9.17) is 4.74 Å². The van der Waals surface area contributed by atoms with E-state index in [0.29, 0.717) is 19.1 Å². The molecule has 1 aromatic heterocycles. The summed E-state index contributed by atoms with van der Waals surface area (Å²) in [6.07, 6.45) is 2.62. The average molecular weight is 262 g/mol. The van der Waals surface area contributed by atoms with Gasteiger partial charge in [-0.25, -0.2) is 13.8 Å². The maximum Gasteiger partial charge on any atom is 0.261 e. The second-order valence-corrected chi connectivity index (χ2v) is 5.29. The lowest BCUT2D eigenvalue weighted by molar-refractivity contribution is 0.0187. The summed E-state index contributed by atoms with van der Waals surface area (Å²) in [7, 11) is 0. The molecule has 2 rings (SSSR count). The van der Waals surface area contributed by atoms with E-state index >= 15 is 0 Å². The van der Waals surface area contributed by atoms with Crippen molar-refractivity contribution in [3.63, 3.8) is 0 Å². The molecule has 17 heavy (non-hydrogen) atoms. The molecule has 1 fully saturated rings. The third-order valence-corrected chi connectivity index (χ3v) is 3.50. The summed E-state index contributed by atoms with van der Waals surface area (Å²) in [5.74, 6) is 0. The smallest absolute Gasteiger partial charge is 0.261 e. The van der Waals surface area contributed by atoms with Gasteiger partial charge in [-0.2, -0.15) is 0 Å². The van der Waals surface area contributed by atoms with Gasteiger partial charge in [-0.05, 0) is 12.8 Å². The van der Waals surface area contributed by atoms with Gasteiger partial charge in [-0.1, -0.05) is 0 Å². The number of hydrogen-bond donors (Lipinski definition) is 1. The Morgan fingerprint density at radius 2 is 2.35 bits per heavy atom. The molecule has 1 aliphatic carbocycles. The van der Waals surface area contributed by atoms with E-state index in [1.807, 2.05) is 6.20 Å². The maximum absolute atomic E-state index is 11.8. The molecular formula is C11H16F2N2OS. The van der Waals surface area contributed by atoms with Crippen molar-refractivity contribution in [3.05, 3.63) is 16.1 Å². The van der Waals surface area contributed by atoms with E-state index in [-0.39, 0.29) is 0 Å². The molecule has 1 saturated carbocycles. The molecule has 0 aromatic carbocycles. The van der Waals surface area contributed by atoms with Crippen LogP contribution in [0, 0.1) is 0 Å². The number of thiazole rings is 1. The number of ether oxygens (including phenoxy) is 1. The van der Waals surface area contributed by atoms with Gasteiger partial charge < -0.3 is 10.1 Å². The largest absolute Gasteiger partial charge is 0.375 e. The van der Waals surface area contributed by atoms with Crippen molar-refractivity contribution in [2.24, 2.45) is 0 Å². The summed E-state index contributed by atoms with van der Waals surface area (Å²) >= 11 is 1.62. The van der Waals surface area contributed by atoms with E-state index < -0.39 is 13.0 Å². The third kappa shape index (κ3) is 5.06. The summed E-state index contributed by atoms with van der Waals surface area (Å²) in [5.41, 5.74) is 0. The van der Waals surface area contributed by atoms with Gasteiger partial charge >= 0.3 is 0 Å². The minimum absolute atomic E-state index is 0.313. The Morgan fingerprint density at radius 1 is 1.53 bits per heavy atom. The van der Waals surface area contributed by atoms with Crippen molar-refractivity contribution in [1.82, 2.24) is 10.3 Å². The van der Waals surface area contributed by atoms with Crippen LogP contribution in [0.2, 0.25) is 0 Å². The monoisotopic (exact) mass is 262 g/mol. The van der Waals surface area contributed by atoms with Gasteiger partial charge in [0.15, 0.2) is 0 Å². The SMILES string of the molecule is FC(F)COCCc1ncc(CNC2CC2)s1. The molecular weight excluding hydrogens is 246 g/mol. The lowest BCUT2D eigenvalue weighted by Gasteiger charge is -2.00. The van der Waals surface area contributed by atoms with Crippen LogP contribution in [0.3, 0.4) is 0 Å². The number of nitrogens with zero attached hydrogens (tertiary/aromatic N) is 1. The fraction of sp³-hybridized carbons (Fsp3) is 0.727. The van der Waals surface area contributed by atoms with Crippen LogP contribution >= 0.6 is 11.3 Å². The molecule has 0 atom stereocenters. The van der Waals surface area contributed by atoms with E-state index in [1.54, 1.807) is 11.3 Å². The minimum Gasteiger partial charge on any atom is -0.375 e. The van der Waals surface area contributed by atoms with Gasteiger partial charge in [-0.3, -0.25) is 0 Å². The minimum atomic E-state index is -2.38. The van der Waals surface area contributed by atoms with Crippen molar-refractivity contribution >= 4 is 11.3 Å². The summed E-state index contributed by atoms with van der Waals surface area (Å²) in [4.78, 5) is 5.44. The Labute approximate surface area is 103 Å². The molecule has 1 aromatic rings. The van der Waals surface area contributed by atoms with Crippen molar-refractivity contribution in [2.45, 2.75) is 38.3 Å². The predicted molar refractivity (Wildman–Crippen MR) is 62.5 cm³/mol. The van der Waals surface area contributed by atoms with Gasteiger partial charge in [-0.15, -0.1) is 11.3 Å². The van der Waals surface area contributed by atoms with Crippen LogP contribution in [0.4, 0.5) is 8.78 Å². The first kappa shape index (κ1) is 12.9. The van der Waals surface area contributed by atoms with Crippen LogP contribution < -0.4 is 5.32 Å². The second-order valence-electron chi connectivity index (χ2n) is 4.09.